The van der Waals surface area contributed by atoms with Gasteiger partial charge in [-0.1, -0.05) is 89.4 Å². The molecule has 0 fully saturated rings. The van der Waals surface area contributed by atoms with E-state index in [1.807, 2.05) is 30.3 Å². The molecule has 7 nitrogen and oxygen atoms in total. The number of anilines is 1. The third kappa shape index (κ3) is 7.44. The largest absolute Gasteiger partial charge is 0.357 e. The first-order chi connectivity index (χ1) is 20.1. The lowest BCUT2D eigenvalue weighted by Crippen LogP contribution is -2.53. The molecule has 0 aliphatic carbocycles. The second-order valence-corrected chi connectivity index (χ2v) is 12.5. The summed E-state index contributed by atoms with van der Waals surface area (Å²) in [5.74, 6) is -1.07. The van der Waals surface area contributed by atoms with Crippen molar-refractivity contribution in [3.05, 3.63) is 129 Å². The van der Waals surface area contributed by atoms with Crippen LogP contribution in [0.1, 0.15) is 11.1 Å². The van der Waals surface area contributed by atoms with Gasteiger partial charge < -0.3 is 10.2 Å². The van der Waals surface area contributed by atoms with E-state index < -0.39 is 34.4 Å². The van der Waals surface area contributed by atoms with Gasteiger partial charge in [0, 0.05) is 40.6 Å². The molecule has 4 aromatic carbocycles. The minimum Gasteiger partial charge on any atom is -0.357 e. The number of carbonyl (C=O) groups is 2. The predicted molar refractivity (Wildman–Crippen MR) is 167 cm³/mol. The van der Waals surface area contributed by atoms with Crippen LogP contribution in [0.4, 0.5) is 5.69 Å². The first-order valence-electron chi connectivity index (χ1n) is 12.9. The Hall–Kier alpha value is -3.56. The van der Waals surface area contributed by atoms with E-state index in [-0.39, 0.29) is 23.5 Å². The summed E-state index contributed by atoms with van der Waals surface area (Å²) in [6.45, 7) is -0.745. The van der Waals surface area contributed by atoms with Gasteiger partial charge in [0.1, 0.15) is 12.6 Å². The summed E-state index contributed by atoms with van der Waals surface area (Å²) < 4.78 is 28.8. The molecule has 1 atom stereocenters. The van der Waals surface area contributed by atoms with Crippen molar-refractivity contribution in [2.75, 3.05) is 17.9 Å². The zero-order valence-electron chi connectivity index (χ0n) is 22.6. The van der Waals surface area contributed by atoms with Gasteiger partial charge in [-0.15, -0.1) is 0 Å². The van der Waals surface area contributed by atoms with Crippen LogP contribution in [-0.4, -0.2) is 44.8 Å². The van der Waals surface area contributed by atoms with Crippen LogP contribution in [0.15, 0.2) is 108 Å². The van der Waals surface area contributed by atoms with Gasteiger partial charge in [0.25, 0.3) is 10.0 Å². The molecule has 0 aliphatic heterocycles. The Kier molecular flexibility index (Phi) is 10.5. The molecule has 4 aromatic rings. The molecule has 1 N–H and O–H groups in total. The lowest BCUT2D eigenvalue weighted by atomic mass is 10.0. The van der Waals surface area contributed by atoms with Gasteiger partial charge in [-0.3, -0.25) is 13.9 Å². The quantitative estimate of drug-likeness (QED) is 0.210. The van der Waals surface area contributed by atoms with E-state index >= 15 is 0 Å². The first kappa shape index (κ1) is 31.4. The van der Waals surface area contributed by atoms with Gasteiger partial charge >= 0.3 is 0 Å². The number of carbonyl (C=O) groups excluding carboxylic acids is 2. The number of hydrogen-bond donors (Lipinski definition) is 1. The zero-order valence-corrected chi connectivity index (χ0v) is 25.7. The van der Waals surface area contributed by atoms with E-state index in [2.05, 4.69) is 5.32 Å². The summed E-state index contributed by atoms with van der Waals surface area (Å²) in [5.41, 5.74) is 1.47. The summed E-state index contributed by atoms with van der Waals surface area (Å²) in [6, 6.07) is 27.1. The maximum Gasteiger partial charge on any atom is 0.264 e. The third-order valence-electron chi connectivity index (χ3n) is 6.63. The smallest absolute Gasteiger partial charge is 0.264 e. The number of nitrogens with one attached hydrogen (secondary N) is 1. The molecule has 11 heteroatoms. The molecular formula is C31H28Cl3N3O4S. The van der Waals surface area contributed by atoms with Crippen molar-refractivity contribution in [1.82, 2.24) is 10.2 Å². The maximum atomic E-state index is 14.3. The van der Waals surface area contributed by atoms with Crippen LogP contribution in [0.5, 0.6) is 0 Å². The van der Waals surface area contributed by atoms with Crippen LogP contribution < -0.4 is 9.62 Å². The number of halogens is 3. The molecule has 0 bridgehead atoms. The Labute approximate surface area is 260 Å². The molecule has 0 radical (unpaired) electrons. The number of amides is 2. The van der Waals surface area contributed by atoms with Crippen molar-refractivity contribution in [1.29, 1.82) is 0 Å². The van der Waals surface area contributed by atoms with Crippen molar-refractivity contribution in [3.8, 4) is 0 Å². The van der Waals surface area contributed by atoms with Crippen LogP contribution in [0.2, 0.25) is 15.1 Å². The number of rotatable bonds is 11. The van der Waals surface area contributed by atoms with Crippen molar-refractivity contribution >= 4 is 62.3 Å². The predicted octanol–water partition coefficient (Wildman–Crippen LogP) is 6.23. The molecule has 218 valence electrons. The SMILES string of the molecule is CNC(=O)[C@@H](Cc1ccccc1)N(Cc1c(Cl)cccc1Cl)C(=O)CN(c1ccc(Cl)cc1)S(=O)(=O)c1ccccc1. The Balaban J connectivity index is 1.81. The summed E-state index contributed by atoms with van der Waals surface area (Å²) in [7, 11) is -2.73. The maximum absolute atomic E-state index is 14.3. The molecule has 0 spiro atoms. The lowest BCUT2D eigenvalue weighted by Gasteiger charge is -2.34. The van der Waals surface area contributed by atoms with Crippen LogP contribution >= 0.6 is 34.8 Å². The molecule has 0 saturated heterocycles. The number of sulfonamides is 1. The molecular weight excluding hydrogens is 617 g/mol. The van der Waals surface area contributed by atoms with Crippen LogP contribution in [-0.2, 0) is 32.6 Å². The summed E-state index contributed by atoms with van der Waals surface area (Å²) in [5, 5.41) is 3.66. The molecule has 0 aromatic heterocycles. The standard InChI is InChI=1S/C31H28Cl3N3O4S/c1-35-31(39)29(19-22-9-4-2-5-10-22)36(20-26-27(33)13-8-14-28(26)34)30(38)21-37(24-17-15-23(32)16-18-24)42(40,41)25-11-6-3-7-12-25/h2-18,29H,19-21H2,1H3,(H,35,39)/t29-/m1/s1. The van der Waals surface area contributed by atoms with Crippen LogP contribution in [0, 0.1) is 0 Å². The van der Waals surface area contributed by atoms with E-state index in [1.165, 1.54) is 36.2 Å². The van der Waals surface area contributed by atoms with Gasteiger partial charge in [0.2, 0.25) is 11.8 Å². The normalized spacial score (nSPS) is 11.9. The fourth-order valence-electron chi connectivity index (χ4n) is 4.43. The Bertz CT molecular complexity index is 1620. The van der Waals surface area contributed by atoms with Gasteiger partial charge in [-0.2, -0.15) is 0 Å². The van der Waals surface area contributed by atoms with E-state index in [0.717, 1.165) is 9.87 Å². The average Bonchev–Trinajstić information content (AvgIpc) is 3.00. The van der Waals surface area contributed by atoms with Crippen LogP contribution in [0.25, 0.3) is 0 Å². The zero-order chi connectivity index (χ0) is 30.3. The fourth-order valence-corrected chi connectivity index (χ4v) is 6.51. The molecule has 42 heavy (non-hydrogen) atoms. The summed E-state index contributed by atoms with van der Waals surface area (Å²) in [4.78, 5) is 28.9. The van der Waals surface area contributed by atoms with Crippen LogP contribution in [0.3, 0.4) is 0 Å². The first-order valence-corrected chi connectivity index (χ1v) is 15.5. The van der Waals surface area contributed by atoms with E-state index in [1.54, 1.807) is 48.5 Å². The number of likely N-dealkylation sites (N-methyl/N-ethyl adjacent to an activating group) is 1. The van der Waals surface area contributed by atoms with Gasteiger partial charge in [0.15, 0.2) is 0 Å². The Morgan fingerprint density at radius 1 is 0.786 bits per heavy atom. The number of nitrogens with zero attached hydrogens (tertiary/aromatic N) is 2. The average molecular weight is 645 g/mol. The second kappa shape index (κ2) is 14.1. The monoisotopic (exact) mass is 643 g/mol. The second-order valence-electron chi connectivity index (χ2n) is 9.34. The molecule has 4 rings (SSSR count). The molecule has 0 saturated carbocycles. The highest BCUT2D eigenvalue weighted by molar-refractivity contribution is 7.92. The van der Waals surface area contributed by atoms with E-state index in [4.69, 9.17) is 34.8 Å². The highest BCUT2D eigenvalue weighted by Crippen LogP contribution is 2.29. The summed E-state index contributed by atoms with van der Waals surface area (Å²) >= 11 is 19.0. The van der Waals surface area contributed by atoms with Gasteiger partial charge in [-0.05, 0) is 54.1 Å². The summed E-state index contributed by atoms with van der Waals surface area (Å²) in [6.07, 6.45) is 0.167. The highest BCUT2D eigenvalue weighted by Gasteiger charge is 2.34. The lowest BCUT2D eigenvalue weighted by molar-refractivity contribution is -0.139. The van der Waals surface area contributed by atoms with E-state index in [0.29, 0.717) is 20.6 Å². The fraction of sp³-hybridized carbons (Fsp3) is 0.161. The van der Waals surface area contributed by atoms with Gasteiger partial charge in [-0.25, -0.2) is 8.42 Å². The Morgan fingerprint density at radius 2 is 1.36 bits per heavy atom. The van der Waals surface area contributed by atoms with Crippen molar-refractivity contribution < 1.29 is 18.0 Å². The molecule has 0 unspecified atom stereocenters. The Morgan fingerprint density at radius 3 is 1.93 bits per heavy atom. The minimum atomic E-state index is -4.21. The number of benzene rings is 4. The molecule has 0 aliphatic rings. The van der Waals surface area contributed by atoms with Crippen molar-refractivity contribution in [3.63, 3.8) is 0 Å². The molecule has 0 heterocycles. The third-order valence-corrected chi connectivity index (χ3v) is 9.38. The highest BCUT2D eigenvalue weighted by atomic mass is 35.5. The minimum absolute atomic E-state index is 0.000542. The van der Waals surface area contributed by atoms with Gasteiger partial charge in [0.05, 0.1) is 10.6 Å². The van der Waals surface area contributed by atoms with E-state index in [9.17, 15) is 18.0 Å². The molecule has 2 amide bonds. The topological polar surface area (TPSA) is 86.8 Å². The number of hydrogen-bond acceptors (Lipinski definition) is 4. The van der Waals surface area contributed by atoms with Crippen molar-refractivity contribution in [2.24, 2.45) is 0 Å². The van der Waals surface area contributed by atoms with Crippen molar-refractivity contribution in [2.45, 2.75) is 23.9 Å².